The summed E-state index contributed by atoms with van der Waals surface area (Å²) < 4.78 is 16.1. The molecule has 0 radical (unpaired) electrons. The van der Waals surface area contributed by atoms with E-state index in [9.17, 15) is 4.79 Å². The molecule has 0 spiro atoms. The largest absolute Gasteiger partial charge is 0.493 e. The molecule has 0 bridgehead atoms. The van der Waals surface area contributed by atoms with E-state index in [1.807, 2.05) is 26.8 Å². The summed E-state index contributed by atoms with van der Waals surface area (Å²) in [7, 11) is 1.57. The van der Waals surface area contributed by atoms with Crippen molar-refractivity contribution in [3.8, 4) is 11.5 Å². The molecule has 0 fully saturated rings. The Bertz CT molecular complexity index is 816. The standard InChI is InChI=1S/C20H24N2O4/c1-6-25-20(23)10-8-16-7-9-18(19(11-16)24-5)26-12-17-15(4)21-13(2)14(3)22-17/h7-11H,6,12H2,1-5H3. The summed E-state index contributed by atoms with van der Waals surface area (Å²) in [6.45, 7) is 8.19. The van der Waals surface area contributed by atoms with Crippen molar-refractivity contribution in [3.63, 3.8) is 0 Å². The van der Waals surface area contributed by atoms with Crippen molar-refractivity contribution in [1.29, 1.82) is 0 Å². The maximum Gasteiger partial charge on any atom is 0.330 e. The fourth-order valence-electron chi connectivity index (χ4n) is 2.31. The van der Waals surface area contributed by atoms with Crippen molar-refractivity contribution in [3.05, 3.63) is 52.6 Å². The molecule has 1 aromatic carbocycles. The van der Waals surface area contributed by atoms with Crippen LogP contribution in [0.2, 0.25) is 0 Å². The molecule has 6 heteroatoms. The van der Waals surface area contributed by atoms with Crippen molar-refractivity contribution in [2.75, 3.05) is 13.7 Å². The van der Waals surface area contributed by atoms with Gasteiger partial charge in [0.05, 0.1) is 36.5 Å². The van der Waals surface area contributed by atoms with Gasteiger partial charge in [0.1, 0.15) is 6.61 Å². The summed E-state index contributed by atoms with van der Waals surface area (Å²) in [5.41, 5.74) is 4.26. The average Bonchev–Trinajstić information content (AvgIpc) is 2.62. The van der Waals surface area contributed by atoms with Crippen LogP contribution in [-0.2, 0) is 16.1 Å². The number of esters is 1. The lowest BCUT2D eigenvalue weighted by Gasteiger charge is -2.13. The Labute approximate surface area is 153 Å². The van der Waals surface area contributed by atoms with Crippen molar-refractivity contribution in [2.24, 2.45) is 0 Å². The lowest BCUT2D eigenvalue weighted by molar-refractivity contribution is -0.137. The molecular formula is C20H24N2O4. The fraction of sp³-hybridized carbons (Fsp3) is 0.350. The summed E-state index contributed by atoms with van der Waals surface area (Å²) in [6, 6.07) is 5.43. The molecule has 138 valence electrons. The van der Waals surface area contributed by atoms with Gasteiger partial charge in [-0.15, -0.1) is 0 Å². The Hall–Kier alpha value is -2.89. The molecule has 2 rings (SSSR count). The maximum absolute atomic E-state index is 11.4. The van der Waals surface area contributed by atoms with Crippen LogP contribution in [0.25, 0.3) is 6.08 Å². The number of carbonyl (C=O) groups excluding carboxylic acids is 1. The number of methoxy groups -OCH3 is 1. The van der Waals surface area contributed by atoms with Crippen molar-refractivity contribution in [2.45, 2.75) is 34.3 Å². The van der Waals surface area contributed by atoms with Gasteiger partial charge in [-0.2, -0.15) is 0 Å². The third kappa shape index (κ3) is 5.05. The molecule has 0 aliphatic heterocycles. The van der Waals surface area contributed by atoms with Crippen molar-refractivity contribution < 1.29 is 19.0 Å². The predicted molar refractivity (Wildman–Crippen MR) is 99.2 cm³/mol. The van der Waals surface area contributed by atoms with E-state index in [0.29, 0.717) is 24.7 Å². The fourth-order valence-corrected chi connectivity index (χ4v) is 2.31. The Morgan fingerprint density at radius 1 is 1.08 bits per heavy atom. The highest BCUT2D eigenvalue weighted by molar-refractivity contribution is 5.87. The molecule has 0 aliphatic carbocycles. The Morgan fingerprint density at radius 2 is 1.81 bits per heavy atom. The molecule has 2 aromatic rings. The van der Waals surface area contributed by atoms with E-state index in [2.05, 4.69) is 9.97 Å². The Kier molecular flexibility index (Phi) is 6.72. The van der Waals surface area contributed by atoms with Gasteiger partial charge in [-0.1, -0.05) is 6.07 Å². The van der Waals surface area contributed by atoms with Crippen LogP contribution in [0.1, 0.15) is 35.3 Å². The van der Waals surface area contributed by atoms with Gasteiger partial charge in [0.2, 0.25) is 0 Å². The van der Waals surface area contributed by atoms with Gasteiger partial charge in [0.15, 0.2) is 11.5 Å². The normalized spacial score (nSPS) is 10.8. The minimum Gasteiger partial charge on any atom is -0.493 e. The zero-order valence-corrected chi connectivity index (χ0v) is 15.8. The van der Waals surface area contributed by atoms with Gasteiger partial charge in [-0.3, -0.25) is 9.97 Å². The molecule has 26 heavy (non-hydrogen) atoms. The predicted octanol–water partition coefficient (Wildman–Crippen LogP) is 3.57. The maximum atomic E-state index is 11.4. The van der Waals surface area contributed by atoms with Gasteiger partial charge in [0, 0.05) is 6.08 Å². The number of carbonyl (C=O) groups is 1. The number of nitrogens with zero attached hydrogens (tertiary/aromatic N) is 2. The van der Waals surface area contributed by atoms with E-state index in [0.717, 1.165) is 28.3 Å². The van der Waals surface area contributed by atoms with Gasteiger partial charge in [0.25, 0.3) is 0 Å². The first-order valence-electron chi connectivity index (χ1n) is 8.41. The lowest BCUT2D eigenvalue weighted by Crippen LogP contribution is -2.06. The molecule has 0 atom stereocenters. The first-order valence-corrected chi connectivity index (χ1v) is 8.41. The molecule has 1 aromatic heterocycles. The van der Waals surface area contributed by atoms with Crippen molar-refractivity contribution >= 4 is 12.0 Å². The molecule has 1 heterocycles. The minimum absolute atomic E-state index is 0.300. The number of aryl methyl sites for hydroxylation is 3. The topological polar surface area (TPSA) is 70.5 Å². The van der Waals surface area contributed by atoms with Crippen molar-refractivity contribution in [1.82, 2.24) is 9.97 Å². The van der Waals surface area contributed by atoms with Gasteiger partial charge < -0.3 is 14.2 Å². The molecular weight excluding hydrogens is 332 g/mol. The first kappa shape index (κ1) is 19.4. The van der Waals surface area contributed by atoms with Crippen LogP contribution in [0.4, 0.5) is 0 Å². The number of benzene rings is 1. The molecule has 0 unspecified atom stereocenters. The highest BCUT2D eigenvalue weighted by atomic mass is 16.5. The number of aromatic nitrogens is 2. The summed E-state index contributed by atoms with van der Waals surface area (Å²) >= 11 is 0. The Morgan fingerprint density at radius 3 is 2.50 bits per heavy atom. The minimum atomic E-state index is -0.379. The summed E-state index contributed by atoms with van der Waals surface area (Å²) in [5, 5.41) is 0. The lowest BCUT2D eigenvalue weighted by atomic mass is 10.2. The monoisotopic (exact) mass is 356 g/mol. The zero-order valence-electron chi connectivity index (χ0n) is 15.8. The average molecular weight is 356 g/mol. The second-order valence-corrected chi connectivity index (χ2v) is 5.71. The zero-order chi connectivity index (χ0) is 19.1. The van der Waals surface area contributed by atoms with Gasteiger partial charge >= 0.3 is 5.97 Å². The van der Waals surface area contributed by atoms with Gasteiger partial charge in [-0.05, 0) is 51.5 Å². The highest BCUT2D eigenvalue weighted by Crippen LogP contribution is 2.29. The molecule has 0 N–H and O–H groups in total. The summed E-state index contributed by atoms with van der Waals surface area (Å²) in [4.78, 5) is 20.4. The molecule has 0 saturated heterocycles. The van der Waals surface area contributed by atoms with E-state index in [1.54, 1.807) is 32.2 Å². The number of ether oxygens (including phenoxy) is 3. The number of rotatable bonds is 7. The molecule has 6 nitrogen and oxygen atoms in total. The quantitative estimate of drug-likeness (QED) is 0.558. The summed E-state index contributed by atoms with van der Waals surface area (Å²) in [5.74, 6) is 0.793. The van der Waals surface area contributed by atoms with E-state index in [4.69, 9.17) is 14.2 Å². The molecule has 0 aliphatic rings. The highest BCUT2D eigenvalue weighted by Gasteiger charge is 2.09. The van der Waals surface area contributed by atoms with E-state index >= 15 is 0 Å². The number of hydrogen-bond donors (Lipinski definition) is 0. The summed E-state index contributed by atoms with van der Waals surface area (Å²) in [6.07, 6.45) is 3.05. The SMILES string of the molecule is CCOC(=O)C=Cc1ccc(OCc2nc(C)c(C)nc2C)c(OC)c1. The van der Waals surface area contributed by atoms with Gasteiger partial charge in [-0.25, -0.2) is 4.79 Å². The third-order valence-corrected chi connectivity index (χ3v) is 3.83. The molecule has 0 saturated carbocycles. The second-order valence-electron chi connectivity index (χ2n) is 5.71. The molecule has 0 amide bonds. The smallest absolute Gasteiger partial charge is 0.330 e. The van der Waals surface area contributed by atoms with Crippen LogP contribution in [-0.4, -0.2) is 29.7 Å². The van der Waals surface area contributed by atoms with Crippen LogP contribution in [0.5, 0.6) is 11.5 Å². The van der Waals surface area contributed by atoms with Crippen LogP contribution in [0.15, 0.2) is 24.3 Å². The third-order valence-electron chi connectivity index (χ3n) is 3.83. The van der Waals surface area contributed by atoms with E-state index < -0.39 is 0 Å². The number of hydrogen-bond acceptors (Lipinski definition) is 6. The second kappa shape index (κ2) is 8.99. The van der Waals surface area contributed by atoms with Crippen LogP contribution >= 0.6 is 0 Å². The van der Waals surface area contributed by atoms with E-state index in [-0.39, 0.29) is 5.97 Å². The first-order chi connectivity index (χ1) is 12.4. The van der Waals surface area contributed by atoms with E-state index in [1.165, 1.54) is 6.08 Å². The Balaban J connectivity index is 2.13. The van der Waals surface area contributed by atoms with Crippen LogP contribution in [0, 0.1) is 20.8 Å². The van der Waals surface area contributed by atoms with Crippen LogP contribution in [0.3, 0.4) is 0 Å². The van der Waals surface area contributed by atoms with Crippen LogP contribution < -0.4 is 9.47 Å².